The van der Waals surface area contributed by atoms with Crippen molar-refractivity contribution in [1.82, 2.24) is 4.90 Å². The SMILES string of the molecule is CC(C)CN1C(=O)c2ccccc2[C@H](C(=O)Nc2cc(F)cc(C#N)c2)[C@H]1c1cccs1. The first kappa shape index (κ1) is 21.7. The number of carbonyl (C=O) groups is 2. The van der Waals surface area contributed by atoms with Gasteiger partial charge in [0.05, 0.1) is 23.6 Å². The fourth-order valence-electron chi connectivity index (χ4n) is 4.19. The van der Waals surface area contributed by atoms with Crippen LogP contribution >= 0.6 is 11.3 Å². The summed E-state index contributed by atoms with van der Waals surface area (Å²) in [7, 11) is 0. The average molecular weight is 448 g/mol. The van der Waals surface area contributed by atoms with Crippen LogP contribution in [-0.4, -0.2) is 23.3 Å². The van der Waals surface area contributed by atoms with E-state index >= 15 is 0 Å². The number of thiophene rings is 1. The first-order valence-electron chi connectivity index (χ1n) is 10.3. The van der Waals surface area contributed by atoms with E-state index < -0.39 is 17.8 Å². The Morgan fingerprint density at radius 1 is 1.22 bits per heavy atom. The minimum atomic E-state index is -0.685. The summed E-state index contributed by atoms with van der Waals surface area (Å²) in [5, 5.41) is 13.9. The third-order valence-electron chi connectivity index (χ3n) is 5.41. The first-order valence-corrected chi connectivity index (χ1v) is 11.2. The summed E-state index contributed by atoms with van der Waals surface area (Å²) in [4.78, 5) is 29.7. The van der Waals surface area contributed by atoms with Gasteiger partial charge >= 0.3 is 0 Å². The minimum Gasteiger partial charge on any atom is -0.329 e. The molecule has 0 fully saturated rings. The van der Waals surface area contributed by atoms with Crippen LogP contribution in [0, 0.1) is 23.1 Å². The van der Waals surface area contributed by atoms with Gasteiger partial charge < -0.3 is 10.2 Å². The molecule has 162 valence electrons. The minimum absolute atomic E-state index is 0.103. The largest absolute Gasteiger partial charge is 0.329 e. The third-order valence-corrected chi connectivity index (χ3v) is 6.36. The van der Waals surface area contributed by atoms with Gasteiger partial charge in [-0.3, -0.25) is 9.59 Å². The van der Waals surface area contributed by atoms with Crippen molar-refractivity contribution in [3.63, 3.8) is 0 Å². The maximum Gasteiger partial charge on any atom is 0.254 e. The van der Waals surface area contributed by atoms with Gasteiger partial charge in [0.15, 0.2) is 0 Å². The predicted molar refractivity (Wildman–Crippen MR) is 122 cm³/mol. The molecular formula is C25H22FN3O2S. The molecule has 0 radical (unpaired) electrons. The van der Waals surface area contributed by atoms with Crippen LogP contribution in [0.3, 0.4) is 0 Å². The number of rotatable bonds is 5. The van der Waals surface area contributed by atoms with Gasteiger partial charge in [-0.2, -0.15) is 5.26 Å². The van der Waals surface area contributed by atoms with Crippen LogP contribution in [-0.2, 0) is 4.79 Å². The normalized spacial score (nSPS) is 17.7. The summed E-state index contributed by atoms with van der Waals surface area (Å²) in [6, 6.07) is 16.1. The molecule has 0 spiro atoms. The van der Waals surface area contributed by atoms with Crippen molar-refractivity contribution in [3.8, 4) is 6.07 Å². The lowest BCUT2D eigenvalue weighted by atomic mass is 9.81. The third kappa shape index (κ3) is 4.14. The molecule has 1 aliphatic rings. The van der Waals surface area contributed by atoms with E-state index in [1.807, 2.05) is 43.5 Å². The Kier molecular flexibility index (Phi) is 6.06. The maximum atomic E-state index is 13.9. The summed E-state index contributed by atoms with van der Waals surface area (Å²) in [5.74, 6) is -1.54. The highest BCUT2D eigenvalue weighted by Gasteiger charge is 2.44. The zero-order valence-electron chi connectivity index (χ0n) is 17.7. The van der Waals surface area contributed by atoms with E-state index in [-0.39, 0.29) is 29.0 Å². The second-order valence-corrected chi connectivity index (χ2v) is 9.19. The number of carbonyl (C=O) groups excluding carboxylic acids is 2. The number of nitriles is 1. The van der Waals surface area contributed by atoms with Gasteiger partial charge in [0.1, 0.15) is 5.82 Å². The number of hydrogen-bond acceptors (Lipinski definition) is 4. The van der Waals surface area contributed by atoms with E-state index in [0.29, 0.717) is 17.7 Å². The molecule has 1 N–H and O–H groups in total. The Morgan fingerprint density at radius 2 is 2.00 bits per heavy atom. The van der Waals surface area contributed by atoms with Gasteiger partial charge in [-0.1, -0.05) is 38.1 Å². The van der Waals surface area contributed by atoms with Crippen molar-refractivity contribution in [2.45, 2.75) is 25.8 Å². The molecule has 0 bridgehead atoms. The number of nitrogens with zero attached hydrogens (tertiary/aromatic N) is 2. The molecule has 1 aromatic heterocycles. The van der Waals surface area contributed by atoms with E-state index in [1.54, 1.807) is 23.1 Å². The Balaban J connectivity index is 1.82. The number of benzene rings is 2. The number of halogens is 1. The summed E-state index contributed by atoms with van der Waals surface area (Å²) in [6.45, 7) is 4.56. The van der Waals surface area contributed by atoms with Crippen molar-refractivity contribution in [2.75, 3.05) is 11.9 Å². The topological polar surface area (TPSA) is 73.2 Å². The smallest absolute Gasteiger partial charge is 0.254 e. The van der Waals surface area contributed by atoms with E-state index in [9.17, 15) is 14.0 Å². The molecule has 4 rings (SSSR count). The molecule has 0 saturated carbocycles. The monoisotopic (exact) mass is 447 g/mol. The fraction of sp³-hybridized carbons (Fsp3) is 0.240. The summed E-state index contributed by atoms with van der Waals surface area (Å²) in [6.07, 6.45) is 0. The highest BCUT2D eigenvalue weighted by molar-refractivity contribution is 7.10. The molecule has 1 aliphatic heterocycles. The Labute approximate surface area is 190 Å². The lowest BCUT2D eigenvalue weighted by molar-refractivity contribution is -0.119. The summed E-state index contributed by atoms with van der Waals surface area (Å²) >= 11 is 1.50. The van der Waals surface area contributed by atoms with E-state index in [0.717, 1.165) is 10.9 Å². The lowest BCUT2D eigenvalue weighted by Crippen LogP contribution is -2.47. The molecule has 0 saturated heterocycles. The zero-order valence-corrected chi connectivity index (χ0v) is 18.5. The number of amides is 2. The van der Waals surface area contributed by atoms with Crippen molar-refractivity contribution < 1.29 is 14.0 Å². The number of anilines is 1. The first-order chi connectivity index (χ1) is 15.4. The Morgan fingerprint density at radius 3 is 2.69 bits per heavy atom. The molecular weight excluding hydrogens is 425 g/mol. The Hall–Kier alpha value is -3.50. The van der Waals surface area contributed by atoms with Crippen LogP contribution in [0.2, 0.25) is 0 Å². The van der Waals surface area contributed by atoms with Crippen molar-refractivity contribution in [1.29, 1.82) is 5.26 Å². The zero-order chi connectivity index (χ0) is 22.8. The number of nitrogens with one attached hydrogen (secondary N) is 1. The van der Waals surface area contributed by atoms with Crippen molar-refractivity contribution in [3.05, 3.63) is 87.4 Å². The van der Waals surface area contributed by atoms with E-state index in [1.165, 1.54) is 23.5 Å². The number of fused-ring (bicyclic) bond motifs is 1. The molecule has 7 heteroatoms. The molecule has 2 aromatic carbocycles. The molecule has 3 aromatic rings. The lowest BCUT2D eigenvalue weighted by Gasteiger charge is -2.42. The molecule has 0 unspecified atom stereocenters. The van der Waals surface area contributed by atoms with Crippen molar-refractivity contribution >= 4 is 28.8 Å². The molecule has 32 heavy (non-hydrogen) atoms. The average Bonchev–Trinajstić information content (AvgIpc) is 3.29. The Bertz CT molecular complexity index is 1200. The fourth-order valence-corrected chi connectivity index (χ4v) is 5.07. The van der Waals surface area contributed by atoms with Gasteiger partial charge in [-0.25, -0.2) is 4.39 Å². The van der Waals surface area contributed by atoms with Gasteiger partial charge in [0.2, 0.25) is 5.91 Å². The van der Waals surface area contributed by atoms with Crippen LogP contribution < -0.4 is 5.32 Å². The van der Waals surface area contributed by atoms with E-state index in [2.05, 4.69) is 5.32 Å². The van der Waals surface area contributed by atoms with Gasteiger partial charge in [-0.05, 0) is 47.2 Å². The predicted octanol–water partition coefficient (Wildman–Crippen LogP) is 5.33. The highest BCUT2D eigenvalue weighted by atomic mass is 32.1. The maximum absolute atomic E-state index is 13.9. The second-order valence-electron chi connectivity index (χ2n) is 8.21. The van der Waals surface area contributed by atoms with Gasteiger partial charge in [-0.15, -0.1) is 11.3 Å². The van der Waals surface area contributed by atoms with Gasteiger partial charge in [0, 0.05) is 22.7 Å². The van der Waals surface area contributed by atoms with Crippen LogP contribution in [0.1, 0.15) is 52.2 Å². The molecule has 0 aliphatic carbocycles. The second kappa shape index (κ2) is 8.93. The van der Waals surface area contributed by atoms with Crippen LogP contribution in [0.5, 0.6) is 0 Å². The quantitative estimate of drug-likeness (QED) is 0.574. The molecule has 2 atom stereocenters. The molecule has 2 heterocycles. The summed E-state index contributed by atoms with van der Waals surface area (Å²) in [5.41, 5.74) is 1.47. The standard InChI is InChI=1S/C25H22FN3O2S/c1-15(2)14-29-23(21-8-5-9-32-21)22(19-6-3-4-7-20(19)25(29)31)24(30)28-18-11-16(13-27)10-17(26)12-18/h3-12,15,22-23H,14H2,1-2H3,(H,28,30)/t22-,23+/m0/s1. The highest BCUT2D eigenvalue weighted by Crippen LogP contribution is 2.45. The summed E-state index contributed by atoms with van der Waals surface area (Å²) < 4.78 is 13.9. The molecule has 2 amide bonds. The molecule has 5 nitrogen and oxygen atoms in total. The van der Waals surface area contributed by atoms with Crippen LogP contribution in [0.25, 0.3) is 0 Å². The van der Waals surface area contributed by atoms with Crippen molar-refractivity contribution in [2.24, 2.45) is 5.92 Å². The van der Waals surface area contributed by atoms with Crippen LogP contribution in [0.4, 0.5) is 10.1 Å². The number of hydrogen-bond donors (Lipinski definition) is 1. The van der Waals surface area contributed by atoms with Gasteiger partial charge in [0.25, 0.3) is 5.91 Å². The van der Waals surface area contributed by atoms with Crippen LogP contribution in [0.15, 0.2) is 60.0 Å². The van der Waals surface area contributed by atoms with E-state index in [4.69, 9.17) is 5.26 Å².